The topological polar surface area (TPSA) is 33.2 Å². The van der Waals surface area contributed by atoms with Crippen molar-refractivity contribution in [3.8, 4) is 0 Å². The lowest BCUT2D eigenvalue weighted by atomic mass is 10.2. The van der Waals surface area contributed by atoms with Gasteiger partial charge in [-0.3, -0.25) is 4.79 Å². The van der Waals surface area contributed by atoms with Gasteiger partial charge in [0.05, 0.1) is 0 Å². The summed E-state index contributed by atoms with van der Waals surface area (Å²) < 4.78 is 0. The van der Waals surface area contributed by atoms with Crippen LogP contribution in [0.4, 0.5) is 0 Å². The molecule has 1 aliphatic heterocycles. The van der Waals surface area contributed by atoms with Crippen LogP contribution in [0.3, 0.4) is 0 Å². The molecular formula is C12H15ClN2OS. The molecule has 1 aliphatic rings. The first kappa shape index (κ1) is 12.7. The molecule has 92 valence electrons. The minimum atomic E-state index is 0.0630. The van der Waals surface area contributed by atoms with Crippen molar-refractivity contribution in [3.05, 3.63) is 29.0 Å². The summed E-state index contributed by atoms with van der Waals surface area (Å²) in [6.07, 6.45) is 2.68. The van der Waals surface area contributed by atoms with Gasteiger partial charge in [0.2, 0.25) is 0 Å². The van der Waals surface area contributed by atoms with Gasteiger partial charge in [-0.1, -0.05) is 18.5 Å². The standard InChI is InChI=1S/C12H15ClN2OS/c1-2-10-8-15(5-6-17-10)12(16)9-3-4-14-11(13)7-9/h3-4,7,10H,2,5-6,8H2,1H3. The van der Waals surface area contributed by atoms with Gasteiger partial charge < -0.3 is 4.90 Å². The molecule has 0 saturated carbocycles. The zero-order valence-electron chi connectivity index (χ0n) is 9.73. The molecule has 0 aromatic carbocycles. The molecule has 1 aromatic rings. The maximum atomic E-state index is 12.2. The van der Waals surface area contributed by atoms with E-state index in [1.807, 2.05) is 16.7 Å². The van der Waals surface area contributed by atoms with E-state index < -0.39 is 0 Å². The van der Waals surface area contributed by atoms with Crippen molar-refractivity contribution in [1.29, 1.82) is 0 Å². The van der Waals surface area contributed by atoms with Crippen molar-refractivity contribution < 1.29 is 4.79 Å². The molecule has 0 bridgehead atoms. The highest BCUT2D eigenvalue weighted by atomic mass is 35.5. The van der Waals surface area contributed by atoms with Crippen molar-refractivity contribution in [2.24, 2.45) is 0 Å². The molecule has 2 heterocycles. The lowest BCUT2D eigenvalue weighted by Gasteiger charge is -2.32. The number of halogens is 1. The number of carbonyl (C=O) groups is 1. The van der Waals surface area contributed by atoms with Gasteiger partial charge in [-0.2, -0.15) is 11.8 Å². The quantitative estimate of drug-likeness (QED) is 0.775. The summed E-state index contributed by atoms with van der Waals surface area (Å²) in [5.41, 5.74) is 0.631. The van der Waals surface area contributed by atoms with Crippen LogP contribution in [0.2, 0.25) is 5.15 Å². The predicted octanol–water partition coefficient (Wildman–Crippen LogP) is 2.70. The molecule has 1 atom stereocenters. The van der Waals surface area contributed by atoms with E-state index in [4.69, 9.17) is 11.6 Å². The first-order valence-electron chi connectivity index (χ1n) is 5.73. The molecule has 1 saturated heterocycles. The number of aromatic nitrogens is 1. The van der Waals surface area contributed by atoms with E-state index in [1.54, 1.807) is 18.3 Å². The molecule has 17 heavy (non-hydrogen) atoms. The van der Waals surface area contributed by atoms with Crippen LogP contribution in [0.5, 0.6) is 0 Å². The minimum Gasteiger partial charge on any atom is -0.337 e. The van der Waals surface area contributed by atoms with E-state index in [-0.39, 0.29) is 5.91 Å². The van der Waals surface area contributed by atoms with E-state index >= 15 is 0 Å². The number of nitrogens with zero attached hydrogens (tertiary/aromatic N) is 2. The van der Waals surface area contributed by atoms with E-state index in [2.05, 4.69) is 11.9 Å². The van der Waals surface area contributed by atoms with Crippen molar-refractivity contribution in [2.45, 2.75) is 18.6 Å². The van der Waals surface area contributed by atoms with E-state index in [9.17, 15) is 4.79 Å². The van der Waals surface area contributed by atoms with Gasteiger partial charge in [-0.15, -0.1) is 0 Å². The number of hydrogen-bond acceptors (Lipinski definition) is 3. The summed E-state index contributed by atoms with van der Waals surface area (Å²) >= 11 is 7.75. The summed E-state index contributed by atoms with van der Waals surface area (Å²) in [5.74, 6) is 1.08. The van der Waals surface area contributed by atoms with Gasteiger partial charge in [-0.05, 0) is 18.6 Å². The number of hydrogen-bond donors (Lipinski definition) is 0. The Hall–Kier alpha value is -0.740. The van der Waals surface area contributed by atoms with Gasteiger partial charge in [0.25, 0.3) is 5.91 Å². The Morgan fingerprint density at radius 2 is 2.53 bits per heavy atom. The fourth-order valence-electron chi connectivity index (χ4n) is 1.87. The van der Waals surface area contributed by atoms with Crippen molar-refractivity contribution in [1.82, 2.24) is 9.88 Å². The first-order valence-corrected chi connectivity index (χ1v) is 7.16. The Labute approximate surface area is 111 Å². The molecule has 1 aromatic heterocycles. The van der Waals surface area contributed by atoms with Crippen LogP contribution in [0.25, 0.3) is 0 Å². The lowest BCUT2D eigenvalue weighted by Crippen LogP contribution is -2.41. The van der Waals surface area contributed by atoms with E-state index in [1.165, 1.54) is 0 Å². The zero-order valence-corrected chi connectivity index (χ0v) is 11.3. The van der Waals surface area contributed by atoms with Crippen LogP contribution in [-0.2, 0) is 0 Å². The fraction of sp³-hybridized carbons (Fsp3) is 0.500. The summed E-state index contributed by atoms with van der Waals surface area (Å²) in [4.78, 5) is 18.0. The molecule has 0 radical (unpaired) electrons. The van der Waals surface area contributed by atoms with Crippen molar-refractivity contribution in [3.63, 3.8) is 0 Å². The second-order valence-electron chi connectivity index (χ2n) is 4.02. The largest absolute Gasteiger partial charge is 0.337 e. The maximum absolute atomic E-state index is 12.2. The molecule has 1 unspecified atom stereocenters. The van der Waals surface area contributed by atoms with Gasteiger partial charge in [0.1, 0.15) is 5.15 Å². The number of thioether (sulfide) groups is 1. The van der Waals surface area contributed by atoms with Crippen LogP contribution >= 0.6 is 23.4 Å². The number of rotatable bonds is 2. The highest BCUT2D eigenvalue weighted by molar-refractivity contribution is 8.00. The molecule has 1 fully saturated rings. The summed E-state index contributed by atoms with van der Waals surface area (Å²) in [6, 6.07) is 3.35. The average Bonchev–Trinajstić information content (AvgIpc) is 2.38. The normalized spacial score (nSPS) is 20.4. The van der Waals surface area contributed by atoms with Crippen LogP contribution < -0.4 is 0 Å². The Morgan fingerprint density at radius 1 is 1.71 bits per heavy atom. The van der Waals surface area contributed by atoms with E-state index in [0.717, 1.165) is 25.3 Å². The maximum Gasteiger partial charge on any atom is 0.254 e. The van der Waals surface area contributed by atoms with E-state index in [0.29, 0.717) is 16.0 Å². The number of pyridine rings is 1. The minimum absolute atomic E-state index is 0.0630. The van der Waals surface area contributed by atoms with Crippen LogP contribution in [0, 0.1) is 0 Å². The van der Waals surface area contributed by atoms with Gasteiger partial charge in [0, 0.05) is 35.9 Å². The van der Waals surface area contributed by atoms with Crippen LogP contribution in [0.15, 0.2) is 18.3 Å². The molecule has 1 amide bonds. The van der Waals surface area contributed by atoms with Gasteiger partial charge >= 0.3 is 0 Å². The van der Waals surface area contributed by atoms with Crippen molar-refractivity contribution in [2.75, 3.05) is 18.8 Å². The average molecular weight is 271 g/mol. The Bertz CT molecular complexity index is 413. The predicted molar refractivity (Wildman–Crippen MR) is 71.7 cm³/mol. The molecular weight excluding hydrogens is 256 g/mol. The highest BCUT2D eigenvalue weighted by Gasteiger charge is 2.23. The molecule has 0 spiro atoms. The third-order valence-corrected chi connectivity index (χ3v) is 4.43. The van der Waals surface area contributed by atoms with Crippen molar-refractivity contribution >= 4 is 29.3 Å². The SMILES string of the molecule is CCC1CN(C(=O)c2ccnc(Cl)c2)CCS1. The second kappa shape index (κ2) is 5.74. The first-order chi connectivity index (χ1) is 8.20. The smallest absolute Gasteiger partial charge is 0.254 e. The second-order valence-corrected chi connectivity index (χ2v) is 5.81. The highest BCUT2D eigenvalue weighted by Crippen LogP contribution is 2.22. The third-order valence-electron chi connectivity index (χ3n) is 2.85. The summed E-state index contributed by atoms with van der Waals surface area (Å²) in [6.45, 7) is 3.81. The number of carbonyl (C=O) groups excluding carboxylic acids is 1. The van der Waals surface area contributed by atoms with Crippen LogP contribution in [0.1, 0.15) is 23.7 Å². The molecule has 5 heteroatoms. The lowest BCUT2D eigenvalue weighted by molar-refractivity contribution is 0.0761. The fourth-order valence-corrected chi connectivity index (χ4v) is 3.22. The summed E-state index contributed by atoms with van der Waals surface area (Å²) in [7, 11) is 0. The molecule has 3 nitrogen and oxygen atoms in total. The molecule has 0 aliphatic carbocycles. The molecule has 0 N–H and O–H groups in total. The van der Waals surface area contributed by atoms with Crippen LogP contribution in [-0.4, -0.2) is 39.9 Å². The Kier molecular flexibility index (Phi) is 4.29. The third kappa shape index (κ3) is 3.13. The molecule has 2 rings (SSSR count). The Balaban J connectivity index is 2.09. The number of amides is 1. The van der Waals surface area contributed by atoms with Gasteiger partial charge in [0.15, 0.2) is 0 Å². The zero-order chi connectivity index (χ0) is 12.3. The Morgan fingerprint density at radius 3 is 3.24 bits per heavy atom. The van der Waals surface area contributed by atoms with Gasteiger partial charge in [-0.25, -0.2) is 4.98 Å². The summed E-state index contributed by atoms with van der Waals surface area (Å²) in [5, 5.41) is 0.930. The monoisotopic (exact) mass is 270 g/mol.